The van der Waals surface area contributed by atoms with Crippen molar-refractivity contribution in [3.05, 3.63) is 146 Å². The highest BCUT2D eigenvalue weighted by molar-refractivity contribution is 6.15. The summed E-state index contributed by atoms with van der Waals surface area (Å²) in [6, 6.07) is 48.5. The molecule has 214 valence electrons. The van der Waals surface area contributed by atoms with Gasteiger partial charge in [-0.25, -0.2) is 4.98 Å². The van der Waals surface area contributed by atoms with Crippen molar-refractivity contribution in [3.8, 4) is 33.5 Å². The van der Waals surface area contributed by atoms with Gasteiger partial charge in [-0.1, -0.05) is 84.9 Å². The van der Waals surface area contributed by atoms with Gasteiger partial charge < -0.3 is 8.83 Å². The molecular formula is C42H24N2O2. The molecule has 0 radical (unpaired) electrons. The summed E-state index contributed by atoms with van der Waals surface area (Å²) in [5.74, 6) is 0. The average molecular weight is 589 g/mol. The fraction of sp³-hybridized carbons (Fsp3) is 0. The zero-order valence-corrected chi connectivity index (χ0v) is 24.6. The fourth-order valence-electron chi connectivity index (χ4n) is 6.78. The van der Waals surface area contributed by atoms with Gasteiger partial charge in [0, 0.05) is 44.1 Å². The number of aromatic nitrogens is 2. The van der Waals surface area contributed by atoms with Gasteiger partial charge in [0.15, 0.2) is 0 Å². The Balaban J connectivity index is 1.08. The average Bonchev–Trinajstić information content (AvgIpc) is 3.67. The molecule has 46 heavy (non-hydrogen) atoms. The lowest BCUT2D eigenvalue weighted by atomic mass is 9.99. The maximum absolute atomic E-state index is 6.40. The smallest absolute Gasteiger partial charge is 0.136 e. The molecule has 4 heterocycles. The van der Waals surface area contributed by atoms with Gasteiger partial charge in [0.1, 0.15) is 22.3 Å². The highest BCUT2D eigenvalue weighted by Gasteiger charge is 2.15. The minimum atomic E-state index is 0.849. The van der Waals surface area contributed by atoms with Crippen molar-refractivity contribution in [2.45, 2.75) is 0 Å². The number of benzene rings is 6. The fourth-order valence-corrected chi connectivity index (χ4v) is 6.78. The van der Waals surface area contributed by atoms with Gasteiger partial charge in [-0.15, -0.1) is 0 Å². The molecule has 4 aromatic heterocycles. The van der Waals surface area contributed by atoms with E-state index in [1.165, 1.54) is 5.56 Å². The number of pyridine rings is 2. The van der Waals surface area contributed by atoms with Gasteiger partial charge in [-0.05, 0) is 76.9 Å². The van der Waals surface area contributed by atoms with Crippen LogP contribution in [0.1, 0.15) is 0 Å². The van der Waals surface area contributed by atoms with E-state index in [2.05, 4.69) is 132 Å². The molecule has 0 fully saturated rings. The van der Waals surface area contributed by atoms with E-state index in [0.29, 0.717) is 0 Å². The van der Waals surface area contributed by atoms with Crippen molar-refractivity contribution in [1.82, 2.24) is 9.97 Å². The first-order valence-corrected chi connectivity index (χ1v) is 15.4. The summed E-state index contributed by atoms with van der Waals surface area (Å²) < 4.78 is 12.7. The molecule has 10 aromatic rings. The van der Waals surface area contributed by atoms with Crippen LogP contribution < -0.4 is 0 Å². The van der Waals surface area contributed by atoms with Crippen molar-refractivity contribution < 1.29 is 8.83 Å². The van der Waals surface area contributed by atoms with Crippen LogP contribution in [0, 0.1) is 0 Å². The highest BCUT2D eigenvalue weighted by atomic mass is 16.3. The number of hydrogen-bond acceptors (Lipinski definition) is 4. The zero-order chi connectivity index (χ0) is 30.2. The van der Waals surface area contributed by atoms with Crippen LogP contribution in [0.5, 0.6) is 0 Å². The molecule has 0 aliphatic rings. The third-order valence-electron chi connectivity index (χ3n) is 9.09. The van der Waals surface area contributed by atoms with Crippen molar-refractivity contribution in [3.63, 3.8) is 0 Å². The van der Waals surface area contributed by atoms with Gasteiger partial charge in [0.2, 0.25) is 0 Å². The summed E-state index contributed by atoms with van der Waals surface area (Å²) in [6.45, 7) is 0. The van der Waals surface area contributed by atoms with Crippen LogP contribution in [0.2, 0.25) is 0 Å². The molecule has 0 saturated carbocycles. The van der Waals surface area contributed by atoms with Crippen molar-refractivity contribution in [2.75, 3.05) is 0 Å². The van der Waals surface area contributed by atoms with Crippen LogP contribution in [-0.2, 0) is 0 Å². The molecule has 0 saturated heterocycles. The summed E-state index contributed by atoms with van der Waals surface area (Å²) in [7, 11) is 0. The Bertz CT molecular complexity index is 2810. The van der Waals surface area contributed by atoms with Gasteiger partial charge in [-0.2, -0.15) is 0 Å². The zero-order valence-electron chi connectivity index (χ0n) is 24.6. The monoisotopic (exact) mass is 588 g/mol. The van der Waals surface area contributed by atoms with Gasteiger partial charge in [0.05, 0.1) is 16.7 Å². The Hall–Kier alpha value is -6.26. The minimum Gasteiger partial charge on any atom is -0.456 e. The molecule has 0 spiro atoms. The largest absolute Gasteiger partial charge is 0.456 e. The lowest BCUT2D eigenvalue weighted by molar-refractivity contribution is 0.664. The first-order valence-electron chi connectivity index (χ1n) is 15.4. The van der Waals surface area contributed by atoms with E-state index in [-0.39, 0.29) is 0 Å². The van der Waals surface area contributed by atoms with Gasteiger partial charge >= 0.3 is 0 Å². The van der Waals surface area contributed by atoms with E-state index in [4.69, 9.17) is 13.8 Å². The number of hydrogen-bond donors (Lipinski definition) is 0. The summed E-state index contributed by atoms with van der Waals surface area (Å²) in [5.41, 5.74) is 11.8. The number of nitrogens with zero attached hydrogens (tertiary/aromatic N) is 2. The second kappa shape index (κ2) is 9.62. The van der Waals surface area contributed by atoms with E-state index in [1.54, 1.807) is 0 Å². The first kappa shape index (κ1) is 25.1. The molecule has 4 nitrogen and oxygen atoms in total. The Morgan fingerprint density at radius 1 is 0.370 bits per heavy atom. The molecule has 0 unspecified atom stereocenters. The Morgan fingerprint density at radius 2 is 0.957 bits per heavy atom. The molecule has 10 rings (SSSR count). The van der Waals surface area contributed by atoms with Crippen molar-refractivity contribution in [1.29, 1.82) is 0 Å². The van der Waals surface area contributed by atoms with E-state index in [9.17, 15) is 0 Å². The number of rotatable bonds is 3. The second-order valence-corrected chi connectivity index (χ2v) is 11.8. The third kappa shape index (κ3) is 3.87. The van der Waals surface area contributed by atoms with Crippen LogP contribution >= 0.6 is 0 Å². The maximum Gasteiger partial charge on any atom is 0.136 e. The predicted octanol–water partition coefficient (Wildman–Crippen LogP) is 11.6. The molecule has 4 heteroatoms. The van der Waals surface area contributed by atoms with Crippen LogP contribution in [0.4, 0.5) is 0 Å². The maximum atomic E-state index is 6.40. The van der Waals surface area contributed by atoms with Crippen LogP contribution in [0.3, 0.4) is 0 Å². The lowest BCUT2D eigenvalue weighted by Gasteiger charge is -2.08. The Morgan fingerprint density at radius 3 is 1.70 bits per heavy atom. The molecule has 0 aliphatic carbocycles. The summed E-state index contributed by atoms with van der Waals surface area (Å²) in [4.78, 5) is 9.70. The van der Waals surface area contributed by atoms with E-state index >= 15 is 0 Å². The minimum absolute atomic E-state index is 0.849. The summed E-state index contributed by atoms with van der Waals surface area (Å²) in [6.07, 6.45) is 1.83. The number of fused-ring (bicyclic) bond motifs is 9. The molecule has 0 amide bonds. The highest BCUT2D eigenvalue weighted by Crippen LogP contribution is 2.39. The third-order valence-corrected chi connectivity index (χ3v) is 9.09. The quantitative estimate of drug-likeness (QED) is 0.193. The molecule has 0 aliphatic heterocycles. The topological polar surface area (TPSA) is 52.1 Å². The van der Waals surface area contributed by atoms with Crippen LogP contribution in [-0.4, -0.2) is 9.97 Å². The summed E-state index contributed by atoms with van der Waals surface area (Å²) in [5, 5.41) is 6.41. The SMILES string of the molecule is c1ccc(-c2ccc3oc4cc5c(cc4c3c2)oc2ccc(-c3cccc(-c4ccc6ccc7cccnc7c6n4)c3)cc25)cc1. The molecule has 6 aromatic carbocycles. The predicted molar refractivity (Wildman–Crippen MR) is 188 cm³/mol. The molecule has 0 bridgehead atoms. The van der Waals surface area contributed by atoms with Gasteiger partial charge in [0.25, 0.3) is 0 Å². The van der Waals surface area contributed by atoms with E-state index < -0.39 is 0 Å². The Kier molecular flexibility index (Phi) is 5.25. The van der Waals surface area contributed by atoms with Crippen molar-refractivity contribution in [2.24, 2.45) is 0 Å². The van der Waals surface area contributed by atoms with Crippen LogP contribution in [0.25, 0.3) is 99.2 Å². The van der Waals surface area contributed by atoms with Gasteiger partial charge in [-0.3, -0.25) is 4.98 Å². The van der Waals surface area contributed by atoms with E-state index in [0.717, 1.165) is 93.6 Å². The van der Waals surface area contributed by atoms with E-state index in [1.807, 2.05) is 18.3 Å². The number of furan rings is 2. The Labute approximate surface area is 263 Å². The first-order chi connectivity index (χ1) is 22.7. The van der Waals surface area contributed by atoms with Crippen molar-refractivity contribution >= 4 is 65.7 Å². The van der Waals surface area contributed by atoms with Crippen LogP contribution in [0.15, 0.2) is 155 Å². The molecular weight excluding hydrogens is 564 g/mol. The molecule has 0 atom stereocenters. The second-order valence-electron chi connectivity index (χ2n) is 11.8. The molecule has 0 N–H and O–H groups in total. The lowest BCUT2D eigenvalue weighted by Crippen LogP contribution is -1.89. The summed E-state index contributed by atoms with van der Waals surface area (Å²) >= 11 is 0. The standard InChI is InChI=1S/C42H24N2O2/c1-2-6-25(7-3-1)29-14-17-37-32(21-29)34-23-40-35(24-39(34)45-37)33-22-30(15-18-38(33)46-40)28-8-4-9-31(20-28)36-16-13-27-12-11-26-10-5-19-43-41(26)42(27)44-36/h1-24H. The normalized spacial score (nSPS) is 11.9.